The highest BCUT2D eigenvalue weighted by Crippen LogP contribution is 2.27. The summed E-state index contributed by atoms with van der Waals surface area (Å²) in [7, 11) is 1.61. The Bertz CT molecular complexity index is 1450. The van der Waals surface area contributed by atoms with Gasteiger partial charge in [-0.25, -0.2) is 4.98 Å². The zero-order valence-corrected chi connectivity index (χ0v) is 21.2. The number of carbonyl (C=O) groups excluding carboxylic acids is 1. The fraction of sp³-hybridized carbons (Fsp3) is 0.280. The summed E-state index contributed by atoms with van der Waals surface area (Å²) in [6.45, 7) is 2.97. The molecule has 11 heteroatoms. The van der Waals surface area contributed by atoms with Crippen LogP contribution in [0.4, 0.5) is 0 Å². The highest BCUT2D eigenvalue weighted by atomic mass is 35.5. The van der Waals surface area contributed by atoms with Crippen molar-refractivity contribution in [3.8, 4) is 22.1 Å². The van der Waals surface area contributed by atoms with E-state index in [1.807, 2.05) is 36.4 Å². The first kappa shape index (κ1) is 24.2. The monoisotopic (exact) mass is 525 g/mol. The number of nitrogens with zero attached hydrogens (tertiary/aromatic N) is 5. The Balaban J connectivity index is 1.20. The van der Waals surface area contributed by atoms with Crippen LogP contribution in [0.5, 0.6) is 11.5 Å². The third kappa shape index (κ3) is 5.35. The predicted octanol–water partition coefficient (Wildman–Crippen LogP) is 3.20. The van der Waals surface area contributed by atoms with Crippen molar-refractivity contribution in [3.05, 3.63) is 75.7 Å². The molecule has 0 atom stereocenters. The number of aromatic nitrogens is 3. The van der Waals surface area contributed by atoms with Gasteiger partial charge in [0.05, 0.1) is 17.8 Å². The Morgan fingerprint density at radius 1 is 1.08 bits per heavy atom. The molecule has 9 nitrogen and oxygen atoms in total. The summed E-state index contributed by atoms with van der Waals surface area (Å²) in [5, 5.41) is 5.62. The smallest absolute Gasteiger partial charge is 0.275 e. The Morgan fingerprint density at radius 3 is 2.67 bits per heavy atom. The summed E-state index contributed by atoms with van der Waals surface area (Å²) in [6.07, 6.45) is 0. The molecule has 0 radical (unpaired) electrons. The van der Waals surface area contributed by atoms with E-state index in [2.05, 4.69) is 15.0 Å². The minimum atomic E-state index is -0.217. The van der Waals surface area contributed by atoms with E-state index in [4.69, 9.17) is 21.1 Å². The van der Waals surface area contributed by atoms with Gasteiger partial charge in [-0.15, -0.1) is 0 Å². The fourth-order valence-corrected chi connectivity index (χ4v) is 5.10. The molecule has 0 bridgehead atoms. The average molecular weight is 526 g/mol. The summed E-state index contributed by atoms with van der Waals surface area (Å²) in [5.74, 6) is 1.14. The van der Waals surface area contributed by atoms with E-state index >= 15 is 0 Å². The summed E-state index contributed by atoms with van der Waals surface area (Å²) in [4.78, 5) is 34.5. The molecule has 1 saturated heterocycles. The maximum atomic E-state index is 12.7. The van der Waals surface area contributed by atoms with Gasteiger partial charge in [0.1, 0.15) is 16.5 Å². The normalized spacial score (nSPS) is 14.2. The van der Waals surface area contributed by atoms with Gasteiger partial charge in [-0.1, -0.05) is 47.2 Å². The molecule has 1 aliphatic heterocycles. The number of ether oxygens (including phenoxy) is 2. The van der Waals surface area contributed by atoms with Gasteiger partial charge >= 0.3 is 0 Å². The minimum Gasteiger partial charge on any atom is -0.497 e. The molecule has 0 aliphatic carbocycles. The molecule has 3 heterocycles. The van der Waals surface area contributed by atoms with Gasteiger partial charge in [-0.05, 0) is 24.3 Å². The van der Waals surface area contributed by atoms with Crippen molar-refractivity contribution >= 4 is 33.8 Å². The molecular weight excluding hydrogens is 502 g/mol. The first-order valence-electron chi connectivity index (χ1n) is 11.4. The molecule has 1 amide bonds. The number of halogens is 1. The van der Waals surface area contributed by atoms with Crippen LogP contribution >= 0.6 is 22.9 Å². The molecule has 5 rings (SSSR count). The van der Waals surface area contributed by atoms with Crippen LogP contribution in [0.25, 0.3) is 15.5 Å². The number of benzene rings is 2. The second-order valence-corrected chi connectivity index (χ2v) is 9.66. The number of para-hydroxylation sites is 1. The van der Waals surface area contributed by atoms with Gasteiger partial charge in [-0.3, -0.25) is 14.5 Å². The van der Waals surface area contributed by atoms with Crippen LogP contribution in [0.1, 0.15) is 5.69 Å². The number of carbonyl (C=O) groups is 1. The molecule has 186 valence electrons. The molecule has 1 fully saturated rings. The maximum Gasteiger partial charge on any atom is 0.275 e. The van der Waals surface area contributed by atoms with Crippen molar-refractivity contribution in [2.75, 3.05) is 39.9 Å². The Morgan fingerprint density at radius 2 is 1.89 bits per heavy atom. The third-order valence-corrected chi connectivity index (χ3v) is 7.18. The van der Waals surface area contributed by atoms with E-state index in [9.17, 15) is 9.59 Å². The zero-order chi connectivity index (χ0) is 25.1. The van der Waals surface area contributed by atoms with Gasteiger partial charge in [0.2, 0.25) is 4.96 Å². The molecule has 0 N–H and O–H groups in total. The lowest BCUT2D eigenvalue weighted by atomic mass is 10.2. The molecule has 4 aromatic rings. The summed E-state index contributed by atoms with van der Waals surface area (Å²) in [5.41, 5.74) is 1.33. The highest BCUT2D eigenvalue weighted by Gasteiger charge is 2.22. The number of hydrogen-bond acceptors (Lipinski definition) is 8. The van der Waals surface area contributed by atoms with Crippen LogP contribution in [-0.4, -0.2) is 70.2 Å². The van der Waals surface area contributed by atoms with Gasteiger partial charge in [0.25, 0.3) is 11.5 Å². The van der Waals surface area contributed by atoms with E-state index in [1.165, 1.54) is 21.9 Å². The predicted molar refractivity (Wildman–Crippen MR) is 138 cm³/mol. The average Bonchev–Trinajstić information content (AvgIpc) is 3.33. The van der Waals surface area contributed by atoms with Crippen LogP contribution in [0, 0.1) is 0 Å². The quantitative estimate of drug-likeness (QED) is 0.366. The van der Waals surface area contributed by atoms with Crippen molar-refractivity contribution in [1.82, 2.24) is 24.4 Å². The molecule has 0 saturated carbocycles. The molecule has 36 heavy (non-hydrogen) atoms. The maximum absolute atomic E-state index is 12.7. The van der Waals surface area contributed by atoms with Crippen molar-refractivity contribution in [2.24, 2.45) is 0 Å². The van der Waals surface area contributed by atoms with Crippen LogP contribution in [0.2, 0.25) is 5.02 Å². The van der Waals surface area contributed by atoms with Crippen molar-refractivity contribution in [1.29, 1.82) is 0 Å². The summed E-state index contributed by atoms with van der Waals surface area (Å²) < 4.78 is 12.2. The first-order valence-corrected chi connectivity index (χ1v) is 12.6. The number of hydrogen-bond donors (Lipinski definition) is 0. The summed E-state index contributed by atoms with van der Waals surface area (Å²) >= 11 is 7.45. The minimum absolute atomic E-state index is 0.0558. The van der Waals surface area contributed by atoms with Crippen LogP contribution < -0.4 is 15.0 Å². The van der Waals surface area contributed by atoms with Crippen molar-refractivity contribution < 1.29 is 14.3 Å². The van der Waals surface area contributed by atoms with Crippen LogP contribution in [0.3, 0.4) is 0 Å². The van der Waals surface area contributed by atoms with E-state index in [0.29, 0.717) is 59.2 Å². The van der Waals surface area contributed by atoms with Gasteiger partial charge < -0.3 is 14.4 Å². The van der Waals surface area contributed by atoms with Gasteiger partial charge in [0, 0.05) is 44.4 Å². The number of fused-ring (bicyclic) bond motifs is 1. The molecular formula is C25H24ClN5O4S. The Labute approximate surface area is 216 Å². The molecule has 2 aromatic heterocycles. The lowest BCUT2D eigenvalue weighted by Gasteiger charge is -2.34. The molecule has 0 unspecified atom stereocenters. The van der Waals surface area contributed by atoms with Crippen LogP contribution in [-0.2, 0) is 11.3 Å². The van der Waals surface area contributed by atoms with Gasteiger partial charge in [-0.2, -0.15) is 9.61 Å². The van der Waals surface area contributed by atoms with Crippen molar-refractivity contribution in [2.45, 2.75) is 6.54 Å². The van der Waals surface area contributed by atoms with E-state index in [0.717, 1.165) is 11.3 Å². The third-order valence-electron chi connectivity index (χ3n) is 5.91. The summed E-state index contributed by atoms with van der Waals surface area (Å²) in [6, 6.07) is 16.2. The lowest BCUT2D eigenvalue weighted by molar-refractivity contribution is -0.135. The first-order chi connectivity index (χ1) is 17.5. The molecule has 1 aliphatic rings. The Kier molecular flexibility index (Phi) is 7.17. The number of amides is 1. The largest absolute Gasteiger partial charge is 0.497 e. The molecule has 0 spiro atoms. The second-order valence-electron chi connectivity index (χ2n) is 8.30. The number of piperazine rings is 1. The molecule has 2 aromatic carbocycles. The van der Waals surface area contributed by atoms with Crippen molar-refractivity contribution in [3.63, 3.8) is 0 Å². The zero-order valence-electron chi connectivity index (χ0n) is 19.6. The number of methoxy groups -OCH3 is 1. The topological polar surface area (TPSA) is 89.3 Å². The Hall–Kier alpha value is -3.47. The SMILES string of the molecule is COc1cccc(-c2nn3c(=O)cc(CN4CCN(C(=O)COc5ccccc5Cl)CC4)nc3s2)c1. The standard InChI is InChI=1S/C25H24ClN5O4S/c1-34-19-6-4-5-17(13-19)24-28-31-22(32)14-18(27-25(31)36-24)15-29-9-11-30(12-10-29)23(33)16-35-21-8-3-2-7-20(21)26/h2-8,13-14H,9-12,15-16H2,1H3. The van der Waals surface area contributed by atoms with E-state index in [1.54, 1.807) is 24.1 Å². The second kappa shape index (κ2) is 10.7. The number of rotatable bonds is 7. The fourth-order valence-electron chi connectivity index (χ4n) is 3.99. The van der Waals surface area contributed by atoms with Crippen LogP contribution in [0.15, 0.2) is 59.4 Å². The highest BCUT2D eigenvalue weighted by molar-refractivity contribution is 7.19. The van der Waals surface area contributed by atoms with E-state index < -0.39 is 0 Å². The van der Waals surface area contributed by atoms with Gasteiger partial charge in [0.15, 0.2) is 6.61 Å². The van der Waals surface area contributed by atoms with E-state index in [-0.39, 0.29) is 18.1 Å². The lowest BCUT2D eigenvalue weighted by Crippen LogP contribution is -2.49.